The summed E-state index contributed by atoms with van der Waals surface area (Å²) in [6.07, 6.45) is 1.81. The van der Waals surface area contributed by atoms with Crippen LogP contribution in [-0.4, -0.2) is 41.6 Å². The number of hydrogen-bond donors (Lipinski definition) is 1. The van der Waals surface area contributed by atoms with Crippen molar-refractivity contribution in [2.24, 2.45) is 0 Å². The molecule has 1 N–H and O–H groups in total. The van der Waals surface area contributed by atoms with E-state index in [0.29, 0.717) is 29.9 Å². The van der Waals surface area contributed by atoms with E-state index in [1.54, 1.807) is 25.1 Å². The second kappa shape index (κ2) is 7.19. The Morgan fingerprint density at radius 3 is 2.81 bits per heavy atom. The molecule has 0 bridgehead atoms. The number of rotatable bonds is 4. The summed E-state index contributed by atoms with van der Waals surface area (Å²) in [6.45, 7) is 2.16. The van der Waals surface area contributed by atoms with Crippen molar-refractivity contribution in [1.29, 1.82) is 0 Å². The molecule has 26 heavy (non-hydrogen) atoms. The van der Waals surface area contributed by atoms with Gasteiger partial charge in [0.1, 0.15) is 17.4 Å². The number of piperidine rings is 1. The molecule has 138 valence electrons. The number of aryl methyl sites for hydroxylation is 1. The van der Waals surface area contributed by atoms with Crippen molar-refractivity contribution >= 4 is 22.8 Å². The molecule has 1 aliphatic rings. The van der Waals surface area contributed by atoms with Crippen LogP contribution in [0.5, 0.6) is 5.75 Å². The molecule has 3 rings (SSSR count). The predicted molar refractivity (Wildman–Crippen MR) is 94.5 cm³/mol. The van der Waals surface area contributed by atoms with Gasteiger partial charge in [0.2, 0.25) is 5.91 Å². The Morgan fingerprint density at radius 1 is 1.35 bits per heavy atom. The average Bonchev–Trinajstić information content (AvgIpc) is 2.64. The maximum Gasteiger partial charge on any atom is 0.340 e. The van der Waals surface area contributed by atoms with E-state index in [2.05, 4.69) is 0 Å². The minimum absolute atomic E-state index is 0.167. The first kappa shape index (κ1) is 18.0. The van der Waals surface area contributed by atoms with Gasteiger partial charge >= 0.3 is 11.6 Å². The number of aliphatic carboxylic acids is 1. The zero-order valence-electron chi connectivity index (χ0n) is 14.8. The summed E-state index contributed by atoms with van der Waals surface area (Å²) in [5, 5.41) is 10.1. The molecule has 1 atom stereocenters. The quantitative estimate of drug-likeness (QED) is 0.840. The lowest BCUT2D eigenvalue weighted by Crippen LogP contribution is -2.48. The number of benzene rings is 1. The van der Waals surface area contributed by atoms with E-state index >= 15 is 0 Å². The number of carbonyl (C=O) groups is 2. The molecular weight excluding hydrogens is 338 g/mol. The molecule has 1 unspecified atom stereocenters. The highest BCUT2D eigenvalue weighted by molar-refractivity contribution is 5.87. The van der Waals surface area contributed by atoms with Crippen molar-refractivity contribution < 1.29 is 23.8 Å². The first-order valence-electron chi connectivity index (χ1n) is 8.55. The van der Waals surface area contributed by atoms with Gasteiger partial charge in [-0.15, -0.1) is 0 Å². The Morgan fingerprint density at radius 2 is 2.12 bits per heavy atom. The molecule has 0 aliphatic carbocycles. The van der Waals surface area contributed by atoms with Crippen LogP contribution in [0.25, 0.3) is 11.0 Å². The van der Waals surface area contributed by atoms with Crippen molar-refractivity contribution in [2.75, 3.05) is 13.7 Å². The van der Waals surface area contributed by atoms with Crippen LogP contribution in [0, 0.1) is 6.92 Å². The smallest absolute Gasteiger partial charge is 0.340 e. The molecule has 0 spiro atoms. The Bertz CT molecular complexity index is 916. The van der Waals surface area contributed by atoms with Gasteiger partial charge in [0.05, 0.1) is 19.1 Å². The number of ether oxygens (including phenoxy) is 1. The number of fused-ring (bicyclic) bond motifs is 1. The monoisotopic (exact) mass is 359 g/mol. The van der Waals surface area contributed by atoms with Crippen LogP contribution in [-0.2, 0) is 16.0 Å². The van der Waals surface area contributed by atoms with E-state index in [1.165, 1.54) is 12.0 Å². The third kappa shape index (κ3) is 3.29. The van der Waals surface area contributed by atoms with E-state index in [4.69, 9.17) is 9.15 Å². The molecule has 1 aromatic carbocycles. The number of nitrogens with zero attached hydrogens (tertiary/aromatic N) is 1. The molecule has 0 radical (unpaired) electrons. The highest BCUT2D eigenvalue weighted by Crippen LogP contribution is 2.25. The normalized spacial score (nSPS) is 17.3. The van der Waals surface area contributed by atoms with E-state index in [9.17, 15) is 19.5 Å². The standard InChI is InChI=1S/C19H21NO6/c1-11-13-7-6-12(25-2)9-16(13)26-19(24)14(11)10-17(21)20-8-4-3-5-15(20)18(22)23/h6-7,9,15H,3-5,8,10H2,1-2H3,(H,22,23). The lowest BCUT2D eigenvalue weighted by Gasteiger charge is -2.33. The fraction of sp³-hybridized carbons (Fsp3) is 0.421. The van der Waals surface area contributed by atoms with Crippen molar-refractivity contribution in [3.05, 3.63) is 39.7 Å². The van der Waals surface area contributed by atoms with Crippen LogP contribution in [0.1, 0.15) is 30.4 Å². The molecule has 1 saturated heterocycles. The molecule has 1 aromatic heterocycles. The Balaban J connectivity index is 1.94. The van der Waals surface area contributed by atoms with Crippen molar-refractivity contribution in [3.8, 4) is 5.75 Å². The number of likely N-dealkylation sites (tertiary alicyclic amines) is 1. The van der Waals surface area contributed by atoms with Gasteiger partial charge < -0.3 is 19.2 Å². The first-order valence-corrected chi connectivity index (χ1v) is 8.55. The fourth-order valence-corrected chi connectivity index (χ4v) is 3.45. The van der Waals surface area contributed by atoms with Gasteiger partial charge in [0.25, 0.3) is 0 Å². The maximum atomic E-state index is 12.7. The van der Waals surface area contributed by atoms with Crippen LogP contribution in [0.4, 0.5) is 0 Å². The zero-order chi connectivity index (χ0) is 18.8. The molecule has 7 heteroatoms. The molecule has 1 aliphatic heterocycles. The van der Waals surface area contributed by atoms with E-state index in [1.807, 2.05) is 0 Å². The number of carbonyl (C=O) groups excluding carboxylic acids is 1. The predicted octanol–water partition coefficient (Wildman–Crippen LogP) is 2.12. The largest absolute Gasteiger partial charge is 0.497 e. The molecule has 7 nitrogen and oxygen atoms in total. The summed E-state index contributed by atoms with van der Waals surface area (Å²) in [4.78, 5) is 37.8. The Labute approximate surface area is 150 Å². The van der Waals surface area contributed by atoms with E-state index < -0.39 is 17.6 Å². The first-order chi connectivity index (χ1) is 12.4. The summed E-state index contributed by atoms with van der Waals surface area (Å²) in [6, 6.07) is 4.33. The number of carboxylic acid groups (broad SMARTS) is 1. The third-order valence-corrected chi connectivity index (χ3v) is 4.93. The molecule has 2 heterocycles. The van der Waals surface area contributed by atoms with Gasteiger partial charge in [0.15, 0.2) is 0 Å². The number of methoxy groups -OCH3 is 1. The number of amides is 1. The number of carboxylic acids is 1. The topological polar surface area (TPSA) is 97.0 Å². The van der Waals surface area contributed by atoms with Crippen molar-refractivity contribution in [3.63, 3.8) is 0 Å². The summed E-state index contributed by atoms with van der Waals surface area (Å²) in [5.74, 6) is -0.797. The second-order valence-corrected chi connectivity index (χ2v) is 6.47. The highest BCUT2D eigenvalue weighted by Gasteiger charge is 2.32. The van der Waals surface area contributed by atoms with Gasteiger partial charge in [-0.05, 0) is 43.9 Å². The van der Waals surface area contributed by atoms with Gasteiger partial charge in [-0.1, -0.05) is 0 Å². The van der Waals surface area contributed by atoms with E-state index in [-0.39, 0.29) is 17.9 Å². The van der Waals surface area contributed by atoms with Crippen LogP contribution in [0.2, 0.25) is 0 Å². The Kier molecular flexibility index (Phi) is 4.97. The molecule has 1 amide bonds. The van der Waals surface area contributed by atoms with Crippen LogP contribution >= 0.6 is 0 Å². The van der Waals surface area contributed by atoms with Gasteiger partial charge in [-0.2, -0.15) is 0 Å². The lowest BCUT2D eigenvalue weighted by molar-refractivity contribution is -0.151. The van der Waals surface area contributed by atoms with Gasteiger partial charge in [-0.3, -0.25) is 4.79 Å². The summed E-state index contributed by atoms with van der Waals surface area (Å²) < 4.78 is 10.5. The Hall–Kier alpha value is -2.83. The SMILES string of the molecule is COc1ccc2c(C)c(CC(=O)N3CCCCC3C(=O)O)c(=O)oc2c1. The second-order valence-electron chi connectivity index (χ2n) is 6.47. The van der Waals surface area contributed by atoms with Gasteiger partial charge in [0, 0.05) is 18.0 Å². The minimum Gasteiger partial charge on any atom is -0.497 e. The molecule has 0 saturated carbocycles. The molecule has 2 aromatic rings. The minimum atomic E-state index is -1.01. The summed E-state index contributed by atoms with van der Waals surface area (Å²) >= 11 is 0. The number of hydrogen-bond acceptors (Lipinski definition) is 5. The van der Waals surface area contributed by atoms with Crippen molar-refractivity contribution in [1.82, 2.24) is 4.90 Å². The van der Waals surface area contributed by atoms with Crippen LogP contribution in [0.15, 0.2) is 27.4 Å². The van der Waals surface area contributed by atoms with Crippen LogP contribution in [0.3, 0.4) is 0 Å². The van der Waals surface area contributed by atoms with E-state index in [0.717, 1.165) is 18.2 Å². The molecular formula is C19H21NO6. The van der Waals surface area contributed by atoms with Crippen LogP contribution < -0.4 is 10.4 Å². The summed E-state index contributed by atoms with van der Waals surface area (Å²) in [5.41, 5.74) is 0.739. The fourth-order valence-electron chi connectivity index (χ4n) is 3.45. The average molecular weight is 359 g/mol. The third-order valence-electron chi connectivity index (χ3n) is 4.93. The zero-order valence-corrected chi connectivity index (χ0v) is 14.8. The molecule has 1 fully saturated rings. The lowest BCUT2D eigenvalue weighted by atomic mass is 9.99. The maximum absolute atomic E-state index is 12.7. The van der Waals surface area contributed by atoms with Gasteiger partial charge in [-0.25, -0.2) is 9.59 Å². The summed E-state index contributed by atoms with van der Waals surface area (Å²) in [7, 11) is 1.52. The van der Waals surface area contributed by atoms with Crippen molar-refractivity contribution in [2.45, 2.75) is 38.6 Å². The highest BCUT2D eigenvalue weighted by atomic mass is 16.5.